The lowest BCUT2D eigenvalue weighted by molar-refractivity contribution is -0.124. The Bertz CT molecular complexity index is 157. The fraction of sp³-hybridized carbons (Fsp3) is 1.00. The van der Waals surface area contributed by atoms with Gasteiger partial charge in [0.05, 0.1) is 0 Å². The van der Waals surface area contributed by atoms with Crippen LogP contribution in [0.25, 0.3) is 0 Å². The summed E-state index contributed by atoms with van der Waals surface area (Å²) >= 11 is 0. The average Bonchev–Trinajstić information content (AvgIpc) is 2.03. The normalized spacial score (nSPS) is 33.0. The van der Waals surface area contributed by atoms with E-state index < -0.39 is 12.0 Å². The second-order valence-electron chi connectivity index (χ2n) is 4.42. The molecule has 1 rings (SSSR count). The van der Waals surface area contributed by atoms with Crippen LogP contribution in [0.1, 0.15) is 39.5 Å². The second-order valence-corrected chi connectivity index (χ2v) is 4.42. The maximum Gasteiger partial charge on any atom is 0.270 e. The Kier molecular flexibility index (Phi) is 3.28. The lowest BCUT2D eigenvalue weighted by Crippen LogP contribution is -2.38. The van der Waals surface area contributed by atoms with Gasteiger partial charge in [0.1, 0.15) is 6.10 Å². The smallest absolute Gasteiger partial charge is 0.270 e. The molecule has 13 heavy (non-hydrogen) atoms. The monoisotopic (exact) mass is 192 g/mol. The quantitative estimate of drug-likeness (QED) is 0.713. The van der Waals surface area contributed by atoms with E-state index in [-0.39, 0.29) is 5.92 Å². The van der Waals surface area contributed by atoms with Crippen molar-refractivity contribution < 1.29 is 13.9 Å². The van der Waals surface area contributed by atoms with Gasteiger partial charge in [0.25, 0.3) is 5.92 Å². The van der Waals surface area contributed by atoms with E-state index in [1.807, 2.05) is 0 Å². The van der Waals surface area contributed by atoms with Crippen molar-refractivity contribution in [3.8, 4) is 0 Å². The molecule has 1 unspecified atom stereocenters. The molecule has 1 saturated carbocycles. The highest BCUT2D eigenvalue weighted by atomic mass is 19.3. The van der Waals surface area contributed by atoms with Crippen LogP contribution in [0.3, 0.4) is 0 Å². The van der Waals surface area contributed by atoms with Crippen LogP contribution >= 0.6 is 0 Å². The minimum Gasteiger partial charge on any atom is -0.387 e. The van der Waals surface area contributed by atoms with Crippen LogP contribution in [0.4, 0.5) is 8.78 Å². The molecule has 3 heteroatoms. The van der Waals surface area contributed by atoms with Crippen LogP contribution in [0.2, 0.25) is 0 Å². The van der Waals surface area contributed by atoms with Crippen molar-refractivity contribution in [2.24, 2.45) is 11.8 Å². The number of aliphatic hydroxyl groups excluding tert-OH is 1. The van der Waals surface area contributed by atoms with Crippen molar-refractivity contribution in [1.29, 1.82) is 0 Å². The van der Waals surface area contributed by atoms with Gasteiger partial charge in [-0.25, -0.2) is 8.78 Å². The zero-order chi connectivity index (χ0) is 10.1. The van der Waals surface area contributed by atoms with E-state index in [1.165, 1.54) is 0 Å². The third-order valence-electron chi connectivity index (χ3n) is 3.03. The molecule has 0 bridgehead atoms. The van der Waals surface area contributed by atoms with Crippen LogP contribution in [-0.4, -0.2) is 17.1 Å². The lowest BCUT2D eigenvalue weighted by atomic mass is 9.79. The molecule has 0 aliphatic heterocycles. The number of hydrogen-bond acceptors (Lipinski definition) is 1. The molecule has 0 radical (unpaired) electrons. The molecule has 1 fully saturated rings. The van der Waals surface area contributed by atoms with Gasteiger partial charge in [-0.1, -0.05) is 19.8 Å². The minimum absolute atomic E-state index is 0.198. The molecule has 1 atom stereocenters. The first-order valence-corrected chi connectivity index (χ1v) is 4.97. The highest BCUT2D eigenvalue weighted by Crippen LogP contribution is 2.35. The number of hydrogen-bond donors (Lipinski definition) is 1. The van der Waals surface area contributed by atoms with Gasteiger partial charge in [-0.2, -0.15) is 0 Å². The molecule has 1 N–H and O–H groups in total. The van der Waals surface area contributed by atoms with Crippen molar-refractivity contribution in [2.75, 3.05) is 0 Å². The first-order chi connectivity index (χ1) is 5.91. The Morgan fingerprint density at radius 1 is 1.23 bits per heavy atom. The first kappa shape index (κ1) is 10.9. The van der Waals surface area contributed by atoms with Gasteiger partial charge < -0.3 is 5.11 Å². The molecule has 1 nitrogen and oxygen atoms in total. The van der Waals surface area contributed by atoms with Crippen LogP contribution in [-0.2, 0) is 0 Å². The molecule has 0 aromatic rings. The average molecular weight is 192 g/mol. The van der Waals surface area contributed by atoms with E-state index >= 15 is 0 Å². The van der Waals surface area contributed by atoms with E-state index in [0.29, 0.717) is 5.92 Å². The Morgan fingerprint density at radius 3 is 2.08 bits per heavy atom. The summed E-state index contributed by atoms with van der Waals surface area (Å²) in [6, 6.07) is 0. The van der Waals surface area contributed by atoms with Gasteiger partial charge in [-0.05, 0) is 24.7 Å². The van der Waals surface area contributed by atoms with E-state index in [0.717, 1.165) is 32.6 Å². The van der Waals surface area contributed by atoms with Crippen LogP contribution in [0, 0.1) is 11.8 Å². The van der Waals surface area contributed by atoms with Gasteiger partial charge in [0.2, 0.25) is 0 Å². The zero-order valence-corrected chi connectivity index (χ0v) is 8.26. The number of halogens is 2. The summed E-state index contributed by atoms with van der Waals surface area (Å²) in [5.41, 5.74) is 0. The molecule has 0 aromatic heterocycles. The van der Waals surface area contributed by atoms with Crippen LogP contribution in [0.15, 0.2) is 0 Å². The fourth-order valence-electron chi connectivity index (χ4n) is 2.02. The Hall–Kier alpha value is -0.180. The Labute approximate surface area is 78.1 Å². The molecule has 0 amide bonds. The minimum atomic E-state index is -2.94. The predicted molar refractivity (Wildman–Crippen MR) is 47.7 cm³/mol. The first-order valence-electron chi connectivity index (χ1n) is 4.97. The molecule has 0 aromatic carbocycles. The topological polar surface area (TPSA) is 20.2 Å². The number of rotatable bonds is 2. The third-order valence-corrected chi connectivity index (χ3v) is 3.03. The molecular formula is C10H18F2O. The largest absolute Gasteiger partial charge is 0.387 e. The summed E-state index contributed by atoms with van der Waals surface area (Å²) in [4.78, 5) is 0. The zero-order valence-electron chi connectivity index (χ0n) is 8.26. The van der Waals surface area contributed by atoms with Gasteiger partial charge in [0, 0.05) is 6.92 Å². The van der Waals surface area contributed by atoms with Crippen molar-refractivity contribution >= 4 is 0 Å². The standard InChI is InChI=1S/C10H18F2O/c1-7-3-5-8(6-4-7)9(13)10(2,11)12/h7-9,13H,3-6H2,1-2H3. The van der Waals surface area contributed by atoms with E-state index in [2.05, 4.69) is 6.92 Å². The summed E-state index contributed by atoms with van der Waals surface area (Å²) < 4.78 is 25.5. The van der Waals surface area contributed by atoms with Gasteiger partial charge >= 0.3 is 0 Å². The van der Waals surface area contributed by atoms with Gasteiger partial charge in [0.15, 0.2) is 0 Å². The van der Waals surface area contributed by atoms with Crippen molar-refractivity contribution in [3.05, 3.63) is 0 Å². The summed E-state index contributed by atoms with van der Waals surface area (Å²) in [6.07, 6.45) is 1.98. The number of alkyl halides is 2. The molecular weight excluding hydrogens is 174 g/mol. The molecule has 0 heterocycles. The predicted octanol–water partition coefficient (Wildman–Crippen LogP) is 2.83. The van der Waals surface area contributed by atoms with Crippen LogP contribution < -0.4 is 0 Å². The van der Waals surface area contributed by atoms with Crippen molar-refractivity contribution in [1.82, 2.24) is 0 Å². The summed E-state index contributed by atoms with van der Waals surface area (Å²) in [7, 11) is 0. The maximum atomic E-state index is 12.7. The summed E-state index contributed by atoms with van der Waals surface area (Å²) in [6.45, 7) is 2.93. The van der Waals surface area contributed by atoms with E-state index in [4.69, 9.17) is 0 Å². The van der Waals surface area contributed by atoms with Gasteiger partial charge in [-0.3, -0.25) is 0 Å². The molecule has 0 saturated heterocycles. The number of aliphatic hydroxyl groups is 1. The van der Waals surface area contributed by atoms with Crippen LogP contribution in [0.5, 0.6) is 0 Å². The highest BCUT2D eigenvalue weighted by molar-refractivity contribution is 4.82. The summed E-state index contributed by atoms with van der Waals surface area (Å²) in [5.74, 6) is -2.50. The molecule has 1 aliphatic carbocycles. The third kappa shape index (κ3) is 2.90. The Balaban J connectivity index is 2.45. The second kappa shape index (κ2) is 3.91. The highest BCUT2D eigenvalue weighted by Gasteiger charge is 2.39. The van der Waals surface area contributed by atoms with Crippen molar-refractivity contribution in [3.63, 3.8) is 0 Å². The van der Waals surface area contributed by atoms with E-state index in [1.54, 1.807) is 0 Å². The molecule has 1 aliphatic rings. The summed E-state index contributed by atoms with van der Waals surface area (Å²) in [5, 5.41) is 9.35. The Morgan fingerprint density at radius 2 is 1.69 bits per heavy atom. The lowest BCUT2D eigenvalue weighted by Gasteiger charge is -2.32. The molecule has 0 spiro atoms. The SMILES string of the molecule is CC1CCC(C(O)C(C)(F)F)CC1. The van der Waals surface area contributed by atoms with E-state index in [9.17, 15) is 13.9 Å². The maximum absolute atomic E-state index is 12.7. The van der Waals surface area contributed by atoms with Crippen molar-refractivity contribution in [2.45, 2.75) is 51.6 Å². The van der Waals surface area contributed by atoms with Gasteiger partial charge in [-0.15, -0.1) is 0 Å². The molecule has 78 valence electrons. The fourth-order valence-corrected chi connectivity index (χ4v) is 2.02.